The Bertz CT molecular complexity index is 524. The molecule has 2 rings (SSSR count). The van der Waals surface area contributed by atoms with E-state index in [1.165, 1.54) is 30.6 Å². The Morgan fingerprint density at radius 2 is 2.06 bits per heavy atom. The maximum Gasteiger partial charge on any atom is 0.223 e. The third-order valence-corrected chi connectivity index (χ3v) is 2.54. The van der Waals surface area contributed by atoms with Crippen LogP contribution < -0.4 is 4.74 Å². The Morgan fingerprint density at radius 1 is 1.25 bits per heavy atom. The van der Waals surface area contributed by atoms with Gasteiger partial charge in [-0.3, -0.25) is 0 Å². The van der Waals surface area contributed by atoms with Gasteiger partial charge < -0.3 is 4.74 Å². The summed E-state index contributed by atoms with van der Waals surface area (Å²) in [6.45, 7) is 0. The lowest BCUT2D eigenvalue weighted by Crippen LogP contribution is -1.89. The fourth-order valence-electron chi connectivity index (χ4n) is 1.03. The zero-order valence-corrected chi connectivity index (χ0v) is 10.2. The lowest BCUT2D eigenvalue weighted by Gasteiger charge is -2.04. The van der Waals surface area contributed by atoms with Crippen molar-refractivity contribution in [2.45, 2.75) is 0 Å². The summed E-state index contributed by atoms with van der Waals surface area (Å²) in [5, 5.41) is 0.283. The van der Waals surface area contributed by atoms with Crippen molar-refractivity contribution in [3.8, 4) is 11.6 Å². The maximum absolute atomic E-state index is 13.0. The third-order valence-electron chi connectivity index (χ3n) is 1.72. The SMILES string of the molecule is Fc1ccc(Oc2cc(Cl)ncn2)cc1Br. The highest BCUT2D eigenvalue weighted by molar-refractivity contribution is 9.10. The molecule has 1 heterocycles. The van der Waals surface area contributed by atoms with Crippen LogP contribution in [-0.4, -0.2) is 9.97 Å². The van der Waals surface area contributed by atoms with Gasteiger partial charge in [-0.05, 0) is 34.1 Å². The predicted molar refractivity (Wildman–Crippen MR) is 61.2 cm³/mol. The molecule has 16 heavy (non-hydrogen) atoms. The topological polar surface area (TPSA) is 35.0 Å². The van der Waals surface area contributed by atoms with Crippen LogP contribution in [0.5, 0.6) is 11.6 Å². The maximum atomic E-state index is 13.0. The minimum atomic E-state index is -0.354. The number of aromatic nitrogens is 2. The van der Waals surface area contributed by atoms with E-state index in [0.717, 1.165) is 0 Å². The van der Waals surface area contributed by atoms with E-state index in [4.69, 9.17) is 16.3 Å². The Hall–Kier alpha value is -1.20. The molecule has 0 saturated carbocycles. The summed E-state index contributed by atoms with van der Waals surface area (Å²) < 4.78 is 18.6. The van der Waals surface area contributed by atoms with Gasteiger partial charge in [-0.25, -0.2) is 14.4 Å². The van der Waals surface area contributed by atoms with E-state index in [2.05, 4.69) is 25.9 Å². The molecule has 0 spiro atoms. The van der Waals surface area contributed by atoms with Crippen LogP contribution in [-0.2, 0) is 0 Å². The van der Waals surface area contributed by atoms with Crippen molar-refractivity contribution < 1.29 is 9.13 Å². The average molecular weight is 304 g/mol. The van der Waals surface area contributed by atoms with Gasteiger partial charge in [0.2, 0.25) is 5.88 Å². The van der Waals surface area contributed by atoms with Crippen molar-refractivity contribution in [2.24, 2.45) is 0 Å². The van der Waals surface area contributed by atoms with Gasteiger partial charge in [-0.1, -0.05) is 11.6 Å². The Kier molecular flexibility index (Phi) is 3.36. The highest BCUT2D eigenvalue weighted by Crippen LogP contribution is 2.25. The van der Waals surface area contributed by atoms with Gasteiger partial charge in [0.15, 0.2) is 0 Å². The van der Waals surface area contributed by atoms with Crippen LogP contribution in [0.1, 0.15) is 0 Å². The summed E-state index contributed by atoms with van der Waals surface area (Å²) in [5.41, 5.74) is 0. The average Bonchev–Trinajstić information content (AvgIpc) is 2.24. The normalized spacial score (nSPS) is 10.2. The van der Waals surface area contributed by atoms with Crippen LogP contribution in [0.25, 0.3) is 0 Å². The van der Waals surface area contributed by atoms with Crippen molar-refractivity contribution in [2.75, 3.05) is 0 Å². The van der Waals surface area contributed by atoms with E-state index in [9.17, 15) is 4.39 Å². The second kappa shape index (κ2) is 4.76. The number of nitrogens with zero attached hydrogens (tertiary/aromatic N) is 2. The molecule has 0 fully saturated rings. The van der Waals surface area contributed by atoms with Gasteiger partial charge in [0.05, 0.1) is 4.47 Å². The number of hydrogen-bond acceptors (Lipinski definition) is 3. The molecule has 0 radical (unpaired) electrons. The third kappa shape index (κ3) is 2.68. The summed E-state index contributed by atoms with van der Waals surface area (Å²) in [6, 6.07) is 5.77. The van der Waals surface area contributed by atoms with E-state index >= 15 is 0 Å². The van der Waals surface area contributed by atoms with E-state index < -0.39 is 0 Å². The first-order chi connectivity index (χ1) is 7.65. The summed E-state index contributed by atoms with van der Waals surface area (Å²) in [7, 11) is 0. The molecule has 0 aliphatic heterocycles. The predicted octanol–water partition coefficient (Wildman–Crippen LogP) is 3.82. The first-order valence-electron chi connectivity index (χ1n) is 4.25. The van der Waals surface area contributed by atoms with Crippen LogP contribution in [0.4, 0.5) is 4.39 Å². The molecule has 1 aromatic carbocycles. The molecular weight excluding hydrogens is 298 g/mol. The van der Waals surface area contributed by atoms with Crippen LogP contribution >= 0.6 is 27.5 Å². The summed E-state index contributed by atoms with van der Waals surface area (Å²) >= 11 is 8.73. The Balaban J connectivity index is 2.24. The molecule has 0 unspecified atom stereocenters. The molecule has 0 bridgehead atoms. The molecule has 1 aromatic heterocycles. The molecule has 82 valence electrons. The van der Waals surface area contributed by atoms with Gasteiger partial charge in [-0.2, -0.15) is 0 Å². The van der Waals surface area contributed by atoms with E-state index in [1.807, 2.05) is 0 Å². The quantitative estimate of drug-likeness (QED) is 0.791. The molecule has 0 aliphatic rings. The van der Waals surface area contributed by atoms with Gasteiger partial charge in [0, 0.05) is 6.07 Å². The molecular formula is C10H5BrClFN2O. The molecule has 6 heteroatoms. The van der Waals surface area contributed by atoms with Crippen molar-refractivity contribution in [1.29, 1.82) is 0 Å². The first kappa shape index (κ1) is 11.3. The van der Waals surface area contributed by atoms with Gasteiger partial charge in [0.1, 0.15) is 23.0 Å². The van der Waals surface area contributed by atoms with Crippen molar-refractivity contribution in [3.63, 3.8) is 0 Å². The number of rotatable bonds is 2. The van der Waals surface area contributed by atoms with Crippen LogP contribution in [0.2, 0.25) is 5.15 Å². The molecule has 0 atom stereocenters. The second-order valence-corrected chi connectivity index (χ2v) is 4.10. The Labute approximate surface area is 104 Å². The largest absolute Gasteiger partial charge is 0.439 e. The van der Waals surface area contributed by atoms with Crippen LogP contribution in [0.3, 0.4) is 0 Å². The minimum absolute atomic E-state index is 0.283. The Morgan fingerprint density at radius 3 is 2.75 bits per heavy atom. The molecule has 3 nitrogen and oxygen atoms in total. The summed E-state index contributed by atoms with van der Waals surface area (Å²) in [5.74, 6) is 0.412. The van der Waals surface area contributed by atoms with Crippen LogP contribution in [0, 0.1) is 5.82 Å². The molecule has 0 amide bonds. The zero-order chi connectivity index (χ0) is 11.5. The van der Waals surface area contributed by atoms with Gasteiger partial charge in [0.25, 0.3) is 0 Å². The van der Waals surface area contributed by atoms with Crippen molar-refractivity contribution >= 4 is 27.5 Å². The van der Waals surface area contributed by atoms with Gasteiger partial charge >= 0.3 is 0 Å². The standard InChI is InChI=1S/C10H5BrClFN2O/c11-7-3-6(1-2-8(7)13)16-10-4-9(12)14-5-15-10/h1-5H. The molecule has 2 aromatic rings. The van der Waals surface area contributed by atoms with Crippen molar-refractivity contribution in [3.05, 3.63) is 46.0 Å². The summed E-state index contributed by atoms with van der Waals surface area (Å²) in [4.78, 5) is 7.58. The monoisotopic (exact) mass is 302 g/mol. The van der Waals surface area contributed by atoms with Crippen molar-refractivity contribution in [1.82, 2.24) is 9.97 Å². The number of ether oxygens (including phenoxy) is 1. The minimum Gasteiger partial charge on any atom is -0.439 e. The molecule has 0 aliphatic carbocycles. The number of halogens is 3. The van der Waals surface area contributed by atoms with E-state index in [-0.39, 0.29) is 11.0 Å². The highest BCUT2D eigenvalue weighted by atomic mass is 79.9. The fraction of sp³-hybridized carbons (Fsp3) is 0. The lowest BCUT2D eigenvalue weighted by molar-refractivity contribution is 0.459. The van der Waals surface area contributed by atoms with Crippen LogP contribution in [0.15, 0.2) is 35.1 Å². The molecule has 0 saturated heterocycles. The van der Waals surface area contributed by atoms with E-state index in [1.54, 1.807) is 0 Å². The lowest BCUT2D eigenvalue weighted by atomic mass is 10.3. The second-order valence-electron chi connectivity index (χ2n) is 2.86. The first-order valence-corrected chi connectivity index (χ1v) is 5.43. The number of hydrogen-bond donors (Lipinski definition) is 0. The molecule has 0 N–H and O–H groups in total. The fourth-order valence-corrected chi connectivity index (χ4v) is 1.53. The smallest absolute Gasteiger partial charge is 0.223 e. The van der Waals surface area contributed by atoms with Gasteiger partial charge in [-0.15, -0.1) is 0 Å². The number of benzene rings is 1. The zero-order valence-electron chi connectivity index (χ0n) is 7.82. The van der Waals surface area contributed by atoms with E-state index in [0.29, 0.717) is 16.1 Å². The highest BCUT2D eigenvalue weighted by Gasteiger charge is 2.03. The summed E-state index contributed by atoms with van der Waals surface area (Å²) in [6.07, 6.45) is 1.29.